The molecule has 1 unspecified atom stereocenters. The van der Waals surface area contributed by atoms with Crippen molar-refractivity contribution in [3.63, 3.8) is 0 Å². The molecule has 3 heterocycles. The highest BCUT2D eigenvalue weighted by atomic mass is 32.2. The van der Waals surface area contributed by atoms with Gasteiger partial charge in [0, 0.05) is 22.7 Å². The molecule has 31 heavy (non-hydrogen) atoms. The Morgan fingerprint density at radius 2 is 1.94 bits per heavy atom. The Morgan fingerprint density at radius 1 is 1.19 bits per heavy atom. The van der Waals surface area contributed by atoms with Gasteiger partial charge in [-0.05, 0) is 30.5 Å². The zero-order valence-electron chi connectivity index (χ0n) is 16.8. The molecule has 0 bridgehead atoms. The number of nitrogen functional groups attached to an aromatic ring is 1. The number of nitrogens with two attached hydrogens (primary N) is 1. The predicted molar refractivity (Wildman–Crippen MR) is 127 cm³/mol. The molecule has 2 aromatic carbocycles. The van der Waals surface area contributed by atoms with E-state index in [4.69, 9.17) is 5.84 Å². The molecule has 0 saturated carbocycles. The van der Waals surface area contributed by atoms with Crippen molar-refractivity contribution in [1.29, 1.82) is 0 Å². The van der Waals surface area contributed by atoms with Gasteiger partial charge in [-0.1, -0.05) is 60.3 Å². The fraction of sp³-hybridized carbons (Fsp3) is 0.174. The highest BCUT2D eigenvalue weighted by Crippen LogP contribution is 2.34. The molecule has 0 radical (unpaired) electrons. The minimum Gasteiger partial charge on any atom is -0.334 e. The van der Waals surface area contributed by atoms with E-state index in [0.29, 0.717) is 15.4 Å². The summed E-state index contributed by atoms with van der Waals surface area (Å²) in [6.07, 6.45) is 0.843. The maximum absolute atomic E-state index is 13.0. The molecule has 156 valence electrons. The van der Waals surface area contributed by atoms with Gasteiger partial charge >= 0.3 is 0 Å². The average Bonchev–Trinajstić information content (AvgIpc) is 3.36. The van der Waals surface area contributed by atoms with Crippen LogP contribution in [0.1, 0.15) is 12.5 Å². The van der Waals surface area contributed by atoms with Crippen LogP contribution in [0.15, 0.2) is 69.9 Å². The zero-order chi connectivity index (χ0) is 21.5. The fourth-order valence-electron chi connectivity index (χ4n) is 4.06. The minimum atomic E-state index is -0.306. The number of rotatable bonds is 4. The van der Waals surface area contributed by atoms with E-state index >= 15 is 0 Å². The lowest BCUT2D eigenvalue weighted by atomic mass is 10.1. The van der Waals surface area contributed by atoms with Crippen molar-refractivity contribution in [3.8, 4) is 11.1 Å². The smallest absolute Gasteiger partial charge is 0.282 e. The van der Waals surface area contributed by atoms with Crippen LogP contribution >= 0.6 is 23.1 Å². The number of carbonyl (C=O) groups is 1. The van der Waals surface area contributed by atoms with E-state index in [1.807, 2.05) is 65.7 Å². The maximum Gasteiger partial charge on any atom is 0.282 e. The second kappa shape index (κ2) is 7.86. The van der Waals surface area contributed by atoms with Crippen molar-refractivity contribution in [2.24, 2.45) is 0 Å². The molecule has 2 N–H and O–H groups in total. The van der Waals surface area contributed by atoms with Gasteiger partial charge in [0.2, 0.25) is 5.91 Å². The summed E-state index contributed by atoms with van der Waals surface area (Å²) < 4.78 is 1.06. The van der Waals surface area contributed by atoms with Crippen LogP contribution in [-0.2, 0) is 11.2 Å². The third-order valence-electron chi connectivity index (χ3n) is 5.49. The summed E-state index contributed by atoms with van der Waals surface area (Å²) in [5, 5.41) is 2.78. The summed E-state index contributed by atoms with van der Waals surface area (Å²) in [5.41, 5.74) is 3.60. The van der Waals surface area contributed by atoms with Gasteiger partial charge < -0.3 is 10.7 Å². The van der Waals surface area contributed by atoms with Gasteiger partial charge in [0.15, 0.2) is 5.16 Å². The van der Waals surface area contributed by atoms with Gasteiger partial charge in [0.1, 0.15) is 4.83 Å². The number of thiophene rings is 1. The highest BCUT2D eigenvalue weighted by molar-refractivity contribution is 7.99. The summed E-state index contributed by atoms with van der Waals surface area (Å²) in [6, 6.07) is 17.8. The van der Waals surface area contributed by atoms with Crippen LogP contribution in [0.4, 0.5) is 5.69 Å². The van der Waals surface area contributed by atoms with Crippen molar-refractivity contribution in [2.75, 3.05) is 16.5 Å². The van der Waals surface area contributed by atoms with Crippen LogP contribution in [0.2, 0.25) is 0 Å². The van der Waals surface area contributed by atoms with Crippen LogP contribution in [0.5, 0.6) is 0 Å². The Hall–Kier alpha value is -3.10. The topological polar surface area (TPSA) is 81.2 Å². The first-order chi connectivity index (χ1) is 15.0. The molecule has 1 amide bonds. The van der Waals surface area contributed by atoms with E-state index in [-0.39, 0.29) is 23.3 Å². The molecule has 1 aliphatic rings. The van der Waals surface area contributed by atoms with Crippen molar-refractivity contribution in [1.82, 2.24) is 9.66 Å². The van der Waals surface area contributed by atoms with Crippen LogP contribution < -0.4 is 16.3 Å². The molecule has 0 aliphatic carbocycles. The lowest BCUT2D eigenvalue weighted by Crippen LogP contribution is -2.37. The standard InChI is InChI=1S/C23H20N4O2S2/c1-14-11-16-9-5-6-10-18(16)26(14)19(28)13-31-23-25-21-20(22(29)27(23)24)17(12-30-21)15-7-3-2-4-8-15/h2-10,12,14H,11,13,24H2,1H3. The van der Waals surface area contributed by atoms with Gasteiger partial charge in [-0.25, -0.2) is 9.66 Å². The first kappa shape index (κ1) is 19.8. The van der Waals surface area contributed by atoms with Gasteiger partial charge in [-0.2, -0.15) is 0 Å². The molecule has 1 aliphatic heterocycles. The van der Waals surface area contributed by atoms with Crippen molar-refractivity contribution in [2.45, 2.75) is 24.5 Å². The Labute approximate surface area is 187 Å². The summed E-state index contributed by atoms with van der Waals surface area (Å²) in [6.45, 7) is 2.04. The molecule has 5 rings (SSSR count). The summed E-state index contributed by atoms with van der Waals surface area (Å²) in [4.78, 5) is 33.1. The summed E-state index contributed by atoms with van der Waals surface area (Å²) in [7, 11) is 0. The van der Waals surface area contributed by atoms with Crippen LogP contribution in [0.3, 0.4) is 0 Å². The Bertz CT molecular complexity index is 1350. The van der Waals surface area contributed by atoms with E-state index in [1.54, 1.807) is 0 Å². The monoisotopic (exact) mass is 448 g/mol. The van der Waals surface area contributed by atoms with Crippen LogP contribution in [-0.4, -0.2) is 27.4 Å². The molecule has 0 fully saturated rings. The molecule has 2 aromatic heterocycles. The number of amides is 1. The summed E-state index contributed by atoms with van der Waals surface area (Å²) >= 11 is 2.60. The van der Waals surface area contributed by atoms with E-state index in [9.17, 15) is 9.59 Å². The van der Waals surface area contributed by atoms with Gasteiger partial charge in [-0.15, -0.1) is 11.3 Å². The number of para-hydroxylation sites is 1. The molecule has 0 spiro atoms. The predicted octanol–water partition coefficient (Wildman–Crippen LogP) is 3.91. The van der Waals surface area contributed by atoms with Gasteiger partial charge in [0.05, 0.1) is 11.1 Å². The number of nitrogens with zero attached hydrogens (tertiary/aromatic N) is 3. The molecule has 4 aromatic rings. The quantitative estimate of drug-likeness (QED) is 0.291. The minimum absolute atomic E-state index is 0.0204. The van der Waals surface area contributed by atoms with Crippen LogP contribution in [0, 0.1) is 0 Å². The fourth-order valence-corrected chi connectivity index (χ4v) is 5.82. The van der Waals surface area contributed by atoms with Crippen molar-refractivity contribution in [3.05, 3.63) is 75.9 Å². The number of hydrogen-bond donors (Lipinski definition) is 1. The normalized spacial score (nSPS) is 15.4. The molecule has 6 nitrogen and oxygen atoms in total. The molecule has 0 saturated heterocycles. The van der Waals surface area contributed by atoms with Crippen molar-refractivity contribution < 1.29 is 4.79 Å². The second-order valence-corrected chi connectivity index (χ2v) is 9.30. The molecular weight excluding hydrogens is 428 g/mol. The lowest BCUT2D eigenvalue weighted by Gasteiger charge is -2.22. The van der Waals surface area contributed by atoms with Crippen LogP contribution in [0.25, 0.3) is 21.3 Å². The van der Waals surface area contributed by atoms with E-state index in [2.05, 4.69) is 11.1 Å². The Kier molecular flexibility index (Phi) is 5.03. The second-order valence-electron chi connectivity index (χ2n) is 7.50. The average molecular weight is 449 g/mol. The Balaban J connectivity index is 1.42. The highest BCUT2D eigenvalue weighted by Gasteiger charge is 2.30. The number of anilines is 1. The maximum atomic E-state index is 13.0. The molecule has 8 heteroatoms. The number of fused-ring (bicyclic) bond motifs is 2. The zero-order valence-corrected chi connectivity index (χ0v) is 18.5. The largest absolute Gasteiger partial charge is 0.334 e. The van der Waals surface area contributed by atoms with Crippen molar-refractivity contribution >= 4 is 44.9 Å². The summed E-state index contributed by atoms with van der Waals surface area (Å²) in [5.74, 6) is 6.24. The SMILES string of the molecule is CC1Cc2ccccc2N1C(=O)CSc1nc2scc(-c3ccccc3)c2c(=O)n1N. The Morgan fingerprint density at radius 3 is 2.74 bits per heavy atom. The van der Waals surface area contributed by atoms with E-state index in [0.717, 1.165) is 27.9 Å². The molecule has 1 atom stereocenters. The first-order valence-corrected chi connectivity index (χ1v) is 11.8. The third-order valence-corrected chi connectivity index (χ3v) is 7.30. The lowest BCUT2D eigenvalue weighted by molar-refractivity contribution is -0.116. The first-order valence-electron chi connectivity index (χ1n) is 9.92. The third kappa shape index (κ3) is 3.41. The number of benzene rings is 2. The number of thioether (sulfide) groups is 1. The number of hydrogen-bond acceptors (Lipinski definition) is 6. The number of carbonyl (C=O) groups excluding carboxylic acids is 1. The van der Waals surface area contributed by atoms with E-state index < -0.39 is 0 Å². The van der Waals surface area contributed by atoms with E-state index in [1.165, 1.54) is 28.7 Å². The molecular formula is C23H20N4O2S2. The van der Waals surface area contributed by atoms with Gasteiger partial charge in [-0.3, -0.25) is 9.59 Å². The van der Waals surface area contributed by atoms with Gasteiger partial charge in [0.25, 0.3) is 5.56 Å². The number of aromatic nitrogens is 2.